The highest BCUT2D eigenvalue weighted by Crippen LogP contribution is 2.39. The van der Waals surface area contributed by atoms with Gasteiger partial charge in [0, 0.05) is 57.3 Å². The second kappa shape index (κ2) is 40.5. The van der Waals surface area contributed by atoms with Crippen LogP contribution in [0.15, 0.2) is 256 Å². The molecule has 0 amide bonds. The molecule has 0 aliphatic carbocycles. The molecule has 6 aromatic heterocycles. The molecule has 0 saturated carbocycles. The van der Waals surface area contributed by atoms with E-state index in [0.717, 1.165) is 133 Å². The molecule has 0 radical (unpaired) electrons. The smallest absolute Gasteiger partial charge is 0.232 e. The average molecular weight is 1750 g/mol. The van der Waals surface area contributed by atoms with Gasteiger partial charge >= 0.3 is 0 Å². The minimum atomic E-state index is -2.45. The zero-order chi connectivity index (χ0) is 108. The molecule has 12 aromatic carbocycles. The van der Waals surface area contributed by atoms with Gasteiger partial charge in [0.15, 0.2) is 35.8 Å². The fourth-order valence-corrected chi connectivity index (χ4v) is 18.0. The second-order valence-corrected chi connectivity index (χ2v) is 36.2. The van der Waals surface area contributed by atoms with Crippen molar-refractivity contribution in [2.24, 2.45) is 48.2 Å². The van der Waals surface area contributed by atoms with Crippen LogP contribution in [0.3, 0.4) is 0 Å². The topological polar surface area (TPSA) is 49.1 Å². The van der Waals surface area contributed by atoms with Crippen molar-refractivity contribution >= 4 is 64.9 Å². The normalized spacial score (nSPS) is 14.1. The van der Waals surface area contributed by atoms with E-state index in [0.29, 0.717) is 44.5 Å². The molecule has 666 valence electrons. The molecule has 1 unspecified atom stereocenters. The Kier molecular flexibility index (Phi) is 23.4. The number of para-hydroxylation sites is 2. The maximum Gasteiger partial charge on any atom is 0.287 e. The summed E-state index contributed by atoms with van der Waals surface area (Å²) in [5, 5.41) is 10.6. The van der Waals surface area contributed by atoms with Crippen LogP contribution in [0.25, 0.3) is 132 Å². The van der Waals surface area contributed by atoms with Gasteiger partial charge < -0.3 is 0 Å². The molecule has 0 aliphatic rings. The molecule has 131 heavy (non-hydrogen) atoms. The molecule has 8 nitrogen and oxygen atoms in total. The number of hydrogen-bond donors (Lipinski definition) is 0. The first-order valence-electron chi connectivity index (χ1n) is 53.0. The van der Waals surface area contributed by atoms with Gasteiger partial charge in [0.2, 0.25) is 22.8 Å². The molecule has 18 rings (SSSR count). The van der Waals surface area contributed by atoms with Crippen molar-refractivity contribution in [3.05, 3.63) is 378 Å². The van der Waals surface area contributed by atoms with Crippen molar-refractivity contribution in [2.45, 2.75) is 184 Å². The Bertz CT molecular complexity index is 8010. The molecule has 6 heterocycles. The maximum absolute atomic E-state index is 14.1. The first kappa shape index (κ1) is 75.7. The standard InChI is InChI=1S/C23H28N.2C22H26N.C19H20N.C18H18FN2.C18H19N2/c1-15(2)11-19-7-8-21-20(14-19)9-10-24(6)23(21)22-13-16(3)12-17(4)18(22)5;2*1-14(2)18-7-8-20-19(13-18)9-10-23(6)22(20)21-12-15(3)11-16(4)17(21)5;1-13-11-14(2)15(3)18(12-13)19-17-8-6-5-7-16(17)9-10-20(19)4;1-11-9-15(12(2)13(3)17(11)19)18-14-7-5-6-8-16(14)20-10-21(18)4;1-12-9-13(2)14(3)16(10-12)18-15-7-5-6-8-17(15)19-11-20(18)4/h7-10,12-15H,11H2,1-6H3;2*7-14H,1-6H3;5-12H,1-4H3;5-10H,1-4H3;5-11H,1-4H3/q6*+1/i4D3,11D2;1D3,4D3,14D;4D3,14D;;;. The van der Waals surface area contributed by atoms with Crippen LogP contribution in [0.5, 0.6) is 0 Å². The maximum atomic E-state index is 14.1. The monoisotopic (exact) mass is 1750 g/mol. The zero-order valence-corrected chi connectivity index (χ0v) is 81.3. The number of hydrogen-bond acceptors (Lipinski definition) is 2. The third-order valence-corrected chi connectivity index (χ3v) is 25.5. The summed E-state index contributed by atoms with van der Waals surface area (Å²) in [5.41, 5.74) is 33.1. The number of benzene rings is 12. The van der Waals surface area contributed by atoms with Crippen molar-refractivity contribution in [2.75, 3.05) is 0 Å². The van der Waals surface area contributed by atoms with E-state index in [9.17, 15) is 4.39 Å². The first-order chi connectivity index (χ1) is 68.5. The van der Waals surface area contributed by atoms with Gasteiger partial charge in [-0.25, -0.2) is 31.8 Å². The van der Waals surface area contributed by atoms with Gasteiger partial charge in [-0.2, -0.15) is 0 Å². The van der Waals surface area contributed by atoms with Gasteiger partial charge in [-0.3, -0.25) is 0 Å². The Hall–Kier alpha value is -13.1. The molecule has 0 aliphatic heterocycles. The van der Waals surface area contributed by atoms with Crippen molar-refractivity contribution in [3.8, 4) is 67.5 Å². The van der Waals surface area contributed by atoms with Crippen LogP contribution in [0.1, 0.15) is 192 Å². The zero-order valence-electron chi connectivity index (χ0n) is 97.3. The highest BCUT2D eigenvalue weighted by Gasteiger charge is 2.27. The number of nitrogens with zero attached hydrogens (tertiary/aromatic N) is 8. The van der Waals surface area contributed by atoms with E-state index in [2.05, 4.69) is 172 Å². The van der Waals surface area contributed by atoms with Crippen LogP contribution in [-0.2, 0) is 48.7 Å². The van der Waals surface area contributed by atoms with Crippen LogP contribution < -0.4 is 27.4 Å². The third kappa shape index (κ3) is 20.7. The Labute approximate surface area is 802 Å². The second-order valence-electron chi connectivity index (χ2n) is 36.2. The fraction of sp³-hybridized carbons (Fsp3) is 0.279. The Morgan fingerprint density at radius 1 is 0.298 bits per heavy atom. The van der Waals surface area contributed by atoms with Crippen molar-refractivity contribution < 1.29 is 53.7 Å². The average Bonchev–Trinajstić information content (AvgIpc) is 0.752. The molecule has 0 bridgehead atoms. The minimum Gasteiger partial charge on any atom is -0.232 e. The predicted molar refractivity (Wildman–Crippen MR) is 551 cm³/mol. The van der Waals surface area contributed by atoms with Crippen LogP contribution in [-0.4, -0.2) is 9.97 Å². The van der Waals surface area contributed by atoms with Crippen LogP contribution in [0.2, 0.25) is 0 Å². The molecule has 0 saturated heterocycles. The largest absolute Gasteiger partial charge is 0.287 e. The highest BCUT2D eigenvalue weighted by atomic mass is 19.1. The molecule has 18 aromatic rings. The molecule has 9 heteroatoms. The highest BCUT2D eigenvalue weighted by molar-refractivity contribution is 5.99. The Balaban J connectivity index is 0.000000148. The SMILES string of the molecule is Cc1cc(-c2c3ccccc3nc[n+]2C)c(C)c(C)c1F.Cc1cc(C)c(C)c(-c2c3ccccc3cc[n+]2C)c1.Cc1cc(C)c(C)c(-c2c3ccccc3nc[n+]2C)c1.[2H]C([2H])([2H])c1cc(C)cc(-c2c3ccc(C([2H])(C)C([2H])([2H])[2H])cc3cc[n+]2C)c1C.[2H]C([2H])([2H])c1cc(C)cc(-c2c3ccc(C([2H])(C)C)cc3cc[n+]2C)c1C.[2H]C([2H])([2H])c1cc(C)cc(-c2c3ccc(C([2H])([2H])C(C)C)cc3cc[n+]2C)c1C. The number of aromatic nitrogens is 8. The van der Waals surface area contributed by atoms with E-state index in [1.54, 1.807) is 30.3 Å². The van der Waals surface area contributed by atoms with Crippen LogP contribution in [0.4, 0.5) is 4.39 Å². The summed E-state index contributed by atoms with van der Waals surface area (Å²) in [6.07, 6.45) is 10.3. The third-order valence-electron chi connectivity index (χ3n) is 25.5. The van der Waals surface area contributed by atoms with Gasteiger partial charge in [-0.05, 0) is 354 Å². The summed E-state index contributed by atoms with van der Waals surface area (Å²) in [5.74, 6) is -2.65. The summed E-state index contributed by atoms with van der Waals surface area (Å²) >= 11 is 0. The van der Waals surface area contributed by atoms with Crippen molar-refractivity contribution in [1.29, 1.82) is 0 Å². The van der Waals surface area contributed by atoms with E-state index in [-0.39, 0.29) is 11.7 Å². The van der Waals surface area contributed by atoms with E-state index in [1.165, 1.54) is 79.0 Å². The minimum absolute atomic E-state index is 0.114. The number of rotatable bonds is 10. The lowest BCUT2D eigenvalue weighted by Gasteiger charge is -2.13. The summed E-state index contributed by atoms with van der Waals surface area (Å²) in [7, 11) is 12.0. The number of aryl methyl sites for hydroxylation is 17. The fourth-order valence-electron chi connectivity index (χ4n) is 18.0. The van der Waals surface area contributed by atoms with Gasteiger partial charge in [0.1, 0.15) is 45.4 Å². The van der Waals surface area contributed by atoms with E-state index < -0.39 is 45.6 Å². The quantitative estimate of drug-likeness (QED) is 0.128. The summed E-state index contributed by atoms with van der Waals surface area (Å²) in [6, 6.07) is 72.4. The lowest BCUT2D eigenvalue weighted by molar-refractivity contribution is -0.662. The molecular weight excluding hydrogens is 1600 g/mol. The number of halogens is 1. The Morgan fingerprint density at radius 2 is 0.611 bits per heavy atom. The molecule has 1 atom stereocenters. The van der Waals surface area contributed by atoms with E-state index in [4.69, 9.17) is 21.9 Å². The molecule has 0 spiro atoms. The van der Waals surface area contributed by atoms with Gasteiger partial charge in [0.25, 0.3) is 12.7 Å². The molecular formula is C122H137FN8+6. The Morgan fingerprint density at radius 3 is 0.985 bits per heavy atom. The van der Waals surface area contributed by atoms with Gasteiger partial charge in [0.05, 0.1) is 68.7 Å². The van der Waals surface area contributed by atoms with E-state index in [1.807, 2.05) is 265 Å². The van der Waals surface area contributed by atoms with Crippen molar-refractivity contribution in [3.63, 3.8) is 0 Å². The summed E-state index contributed by atoms with van der Waals surface area (Å²) < 4.78 is 154. The van der Waals surface area contributed by atoms with Gasteiger partial charge in [-0.1, -0.05) is 178 Å². The molecule has 0 N–H and O–H groups in total. The number of fused-ring (bicyclic) bond motifs is 6. The number of pyridine rings is 4. The van der Waals surface area contributed by atoms with Crippen LogP contribution >= 0.6 is 0 Å². The van der Waals surface area contributed by atoms with Crippen molar-refractivity contribution in [1.82, 2.24) is 9.97 Å². The lowest BCUT2D eigenvalue weighted by Crippen LogP contribution is -2.32. The van der Waals surface area contributed by atoms with Gasteiger partial charge in [-0.15, -0.1) is 0 Å². The first-order valence-corrected chi connectivity index (χ1v) is 45.0. The van der Waals surface area contributed by atoms with E-state index >= 15 is 0 Å². The lowest BCUT2D eigenvalue weighted by atomic mass is 9.93. The summed E-state index contributed by atoms with van der Waals surface area (Å²) in [6.45, 7) is 30.0. The van der Waals surface area contributed by atoms with Crippen LogP contribution in [0, 0.1) is 136 Å². The summed E-state index contributed by atoms with van der Waals surface area (Å²) in [4.78, 5) is 8.95. The molecule has 0 fully saturated rings. The predicted octanol–water partition coefficient (Wildman–Crippen LogP) is 27.9.